The second kappa shape index (κ2) is 5.09. The Labute approximate surface area is 120 Å². The number of aryl methyl sites for hydroxylation is 1. The summed E-state index contributed by atoms with van der Waals surface area (Å²) in [6, 6.07) is 6.43. The van der Waals surface area contributed by atoms with E-state index in [9.17, 15) is 4.79 Å². The van der Waals surface area contributed by atoms with Crippen molar-refractivity contribution >= 4 is 11.6 Å². The summed E-state index contributed by atoms with van der Waals surface area (Å²) in [5.74, 6) is 0.146. The number of carbonyl (C=O) groups is 1. The van der Waals surface area contributed by atoms with Gasteiger partial charge in [0.2, 0.25) is 0 Å². The monoisotopic (exact) mass is 273 g/mol. The summed E-state index contributed by atoms with van der Waals surface area (Å²) in [7, 11) is 0. The highest BCUT2D eigenvalue weighted by atomic mass is 16.2. The summed E-state index contributed by atoms with van der Waals surface area (Å²) in [5.41, 5.74) is 8.31. The smallest absolute Gasteiger partial charge is 0.254 e. The van der Waals surface area contributed by atoms with E-state index in [1.165, 1.54) is 19.4 Å². The number of amides is 1. The molecule has 0 aliphatic carbocycles. The molecule has 0 spiro atoms. The second-order valence-corrected chi connectivity index (χ2v) is 6.17. The van der Waals surface area contributed by atoms with Crippen molar-refractivity contribution in [3.63, 3.8) is 0 Å². The zero-order chi connectivity index (χ0) is 14.3. The van der Waals surface area contributed by atoms with E-state index < -0.39 is 0 Å². The van der Waals surface area contributed by atoms with E-state index in [4.69, 9.17) is 5.73 Å². The fourth-order valence-corrected chi connectivity index (χ4v) is 3.44. The van der Waals surface area contributed by atoms with Crippen LogP contribution in [0.15, 0.2) is 18.2 Å². The van der Waals surface area contributed by atoms with E-state index in [2.05, 4.69) is 11.8 Å². The molecule has 4 nitrogen and oxygen atoms in total. The molecular formula is C16H23N3O. The third-order valence-corrected chi connectivity index (χ3v) is 4.71. The van der Waals surface area contributed by atoms with Gasteiger partial charge in [-0.2, -0.15) is 0 Å². The highest BCUT2D eigenvalue weighted by Gasteiger charge is 2.36. The number of rotatable bonds is 1. The molecule has 2 unspecified atom stereocenters. The Bertz CT molecular complexity index is 528. The van der Waals surface area contributed by atoms with Gasteiger partial charge in [0.15, 0.2) is 0 Å². The van der Waals surface area contributed by atoms with Crippen molar-refractivity contribution in [2.24, 2.45) is 0 Å². The number of fused-ring (bicyclic) bond motifs is 1. The minimum absolute atomic E-state index is 0.146. The summed E-state index contributed by atoms with van der Waals surface area (Å²) in [5, 5.41) is 0. The number of nitrogen functional groups attached to an aromatic ring is 1. The van der Waals surface area contributed by atoms with Crippen molar-refractivity contribution in [2.45, 2.75) is 38.8 Å². The summed E-state index contributed by atoms with van der Waals surface area (Å²) in [6.07, 6.45) is 2.48. The molecule has 20 heavy (non-hydrogen) atoms. The molecule has 3 rings (SSSR count). The third kappa shape index (κ3) is 2.29. The lowest BCUT2D eigenvalue weighted by Gasteiger charge is -2.42. The van der Waals surface area contributed by atoms with Crippen molar-refractivity contribution in [1.82, 2.24) is 9.80 Å². The van der Waals surface area contributed by atoms with Gasteiger partial charge in [-0.05, 0) is 57.0 Å². The van der Waals surface area contributed by atoms with Crippen LogP contribution in [-0.4, -0.2) is 47.4 Å². The van der Waals surface area contributed by atoms with Gasteiger partial charge in [0.1, 0.15) is 0 Å². The SMILES string of the molecule is Cc1cc(C(=O)N2CC3CCCN3CC2C)ccc1N. The molecule has 0 bridgehead atoms. The number of carbonyl (C=O) groups excluding carboxylic acids is 1. The normalized spacial score (nSPS) is 26.6. The van der Waals surface area contributed by atoms with E-state index in [1.807, 2.05) is 30.0 Å². The van der Waals surface area contributed by atoms with E-state index >= 15 is 0 Å². The molecular weight excluding hydrogens is 250 g/mol. The number of piperazine rings is 1. The molecule has 0 aromatic heterocycles. The Hall–Kier alpha value is -1.55. The van der Waals surface area contributed by atoms with E-state index in [-0.39, 0.29) is 11.9 Å². The maximum absolute atomic E-state index is 12.7. The largest absolute Gasteiger partial charge is 0.399 e. The number of benzene rings is 1. The van der Waals surface area contributed by atoms with Crippen LogP contribution < -0.4 is 5.73 Å². The van der Waals surface area contributed by atoms with Gasteiger partial charge >= 0.3 is 0 Å². The number of hydrogen-bond donors (Lipinski definition) is 1. The highest BCUT2D eigenvalue weighted by Crippen LogP contribution is 2.26. The molecule has 2 aliphatic rings. The van der Waals surface area contributed by atoms with Gasteiger partial charge in [0, 0.05) is 36.4 Å². The number of nitrogens with zero attached hydrogens (tertiary/aromatic N) is 2. The third-order valence-electron chi connectivity index (χ3n) is 4.71. The zero-order valence-corrected chi connectivity index (χ0v) is 12.3. The minimum Gasteiger partial charge on any atom is -0.399 e. The topological polar surface area (TPSA) is 49.6 Å². The molecule has 2 aliphatic heterocycles. The fourth-order valence-electron chi connectivity index (χ4n) is 3.44. The summed E-state index contributed by atoms with van der Waals surface area (Å²) >= 11 is 0. The minimum atomic E-state index is 0.146. The molecule has 1 aromatic rings. The predicted octanol–water partition coefficient (Wildman–Crippen LogP) is 1.89. The maximum atomic E-state index is 12.7. The summed E-state index contributed by atoms with van der Waals surface area (Å²) in [4.78, 5) is 17.3. The van der Waals surface area contributed by atoms with Gasteiger partial charge in [0.25, 0.3) is 5.91 Å². The van der Waals surface area contributed by atoms with E-state index in [1.54, 1.807) is 0 Å². The summed E-state index contributed by atoms with van der Waals surface area (Å²) < 4.78 is 0. The van der Waals surface area contributed by atoms with Crippen LogP contribution in [0.3, 0.4) is 0 Å². The highest BCUT2D eigenvalue weighted by molar-refractivity contribution is 5.95. The average molecular weight is 273 g/mol. The number of anilines is 1. The zero-order valence-electron chi connectivity index (χ0n) is 12.3. The van der Waals surface area contributed by atoms with Crippen LogP contribution in [0.2, 0.25) is 0 Å². The summed E-state index contributed by atoms with van der Waals surface area (Å²) in [6.45, 7) is 7.16. The van der Waals surface area contributed by atoms with Crippen LogP contribution in [0.1, 0.15) is 35.7 Å². The van der Waals surface area contributed by atoms with Gasteiger partial charge in [0.05, 0.1) is 0 Å². The fraction of sp³-hybridized carbons (Fsp3) is 0.562. The van der Waals surface area contributed by atoms with E-state index in [0.29, 0.717) is 6.04 Å². The van der Waals surface area contributed by atoms with Gasteiger partial charge in [-0.3, -0.25) is 9.69 Å². The molecule has 0 saturated carbocycles. The first kappa shape index (κ1) is 13.4. The molecule has 0 radical (unpaired) electrons. The molecule has 1 aromatic carbocycles. The van der Waals surface area contributed by atoms with Gasteiger partial charge in [-0.15, -0.1) is 0 Å². The van der Waals surface area contributed by atoms with Gasteiger partial charge in [-0.1, -0.05) is 0 Å². The van der Waals surface area contributed by atoms with Crippen LogP contribution in [0, 0.1) is 6.92 Å². The van der Waals surface area contributed by atoms with Crippen LogP contribution in [0.4, 0.5) is 5.69 Å². The van der Waals surface area contributed by atoms with Crippen molar-refractivity contribution in [3.05, 3.63) is 29.3 Å². The van der Waals surface area contributed by atoms with Gasteiger partial charge in [-0.25, -0.2) is 0 Å². The molecule has 108 valence electrons. The maximum Gasteiger partial charge on any atom is 0.254 e. The standard InChI is InChI=1S/C16H23N3O/c1-11-8-13(5-6-15(11)17)16(20)19-10-14-4-3-7-18(14)9-12(19)2/h5-6,8,12,14H,3-4,7,9-10,17H2,1-2H3. The van der Waals surface area contributed by atoms with Crippen molar-refractivity contribution in [2.75, 3.05) is 25.4 Å². The van der Waals surface area contributed by atoms with Crippen LogP contribution in [0.25, 0.3) is 0 Å². The van der Waals surface area contributed by atoms with Crippen LogP contribution in [-0.2, 0) is 0 Å². The lowest BCUT2D eigenvalue weighted by Crippen LogP contribution is -2.56. The van der Waals surface area contributed by atoms with Crippen LogP contribution >= 0.6 is 0 Å². The van der Waals surface area contributed by atoms with Crippen LogP contribution in [0.5, 0.6) is 0 Å². The molecule has 2 saturated heterocycles. The average Bonchev–Trinajstić information content (AvgIpc) is 2.87. The Balaban J connectivity index is 1.80. The molecule has 1 amide bonds. The number of nitrogens with two attached hydrogens (primary N) is 1. The second-order valence-electron chi connectivity index (χ2n) is 6.17. The first-order valence-electron chi connectivity index (χ1n) is 7.47. The Morgan fingerprint density at radius 2 is 2.15 bits per heavy atom. The first-order valence-corrected chi connectivity index (χ1v) is 7.47. The van der Waals surface area contributed by atoms with Crippen molar-refractivity contribution in [1.29, 1.82) is 0 Å². The molecule has 2 N–H and O–H groups in total. The van der Waals surface area contributed by atoms with E-state index in [0.717, 1.165) is 29.9 Å². The molecule has 4 heteroatoms. The Kier molecular flexibility index (Phi) is 3.42. The molecule has 2 heterocycles. The van der Waals surface area contributed by atoms with Crippen molar-refractivity contribution in [3.8, 4) is 0 Å². The first-order chi connectivity index (χ1) is 9.56. The van der Waals surface area contributed by atoms with Gasteiger partial charge < -0.3 is 10.6 Å². The predicted molar refractivity (Wildman–Crippen MR) is 80.7 cm³/mol. The molecule has 2 fully saturated rings. The van der Waals surface area contributed by atoms with Crippen molar-refractivity contribution < 1.29 is 4.79 Å². The lowest BCUT2D eigenvalue weighted by atomic mass is 10.0. The molecule has 2 atom stereocenters. The Morgan fingerprint density at radius 3 is 2.90 bits per heavy atom. The Morgan fingerprint density at radius 1 is 1.35 bits per heavy atom. The quantitative estimate of drug-likeness (QED) is 0.795. The number of hydrogen-bond acceptors (Lipinski definition) is 3. The lowest BCUT2D eigenvalue weighted by molar-refractivity contribution is 0.0395.